The molecule has 1 saturated heterocycles. The van der Waals surface area contributed by atoms with E-state index in [9.17, 15) is 20.0 Å². The maximum atomic E-state index is 11.2. The van der Waals surface area contributed by atoms with Gasteiger partial charge >= 0.3 is 11.7 Å². The van der Waals surface area contributed by atoms with Crippen LogP contribution in [0.1, 0.15) is 13.3 Å². The molecule has 1 aromatic heterocycles. The van der Waals surface area contributed by atoms with Crippen LogP contribution in [0.2, 0.25) is 0 Å². The number of aliphatic carboxylic acids is 1. The lowest BCUT2D eigenvalue weighted by Gasteiger charge is -2.24. The Morgan fingerprint density at radius 1 is 1.67 bits per heavy atom. The molecule has 0 aromatic carbocycles. The maximum absolute atomic E-state index is 11.2. The summed E-state index contributed by atoms with van der Waals surface area (Å²) >= 11 is 0. The van der Waals surface area contributed by atoms with Gasteiger partial charge in [-0.25, -0.2) is 4.79 Å². The predicted octanol–water partition coefficient (Wildman–Crippen LogP) is 1.29. The molecule has 18 heavy (non-hydrogen) atoms. The molecular formula is C11H13N3O4. The lowest BCUT2D eigenvalue weighted by atomic mass is 10.0. The minimum atomic E-state index is -0.953. The highest BCUT2D eigenvalue weighted by molar-refractivity contribution is 5.81. The van der Waals surface area contributed by atoms with Crippen molar-refractivity contribution in [3.8, 4) is 0 Å². The summed E-state index contributed by atoms with van der Waals surface area (Å²) in [5.74, 6) is -0.985. The van der Waals surface area contributed by atoms with Crippen LogP contribution in [0.4, 0.5) is 11.4 Å². The normalized spacial score (nSPS) is 23.1. The summed E-state index contributed by atoms with van der Waals surface area (Å²) in [5, 5.41) is 20.1. The molecule has 0 bridgehead atoms. The number of hydrogen-bond donors (Lipinski definition) is 1. The summed E-state index contributed by atoms with van der Waals surface area (Å²) in [5.41, 5.74) is 0.171. The molecule has 2 rings (SSSR count). The molecule has 2 heterocycles. The molecule has 0 amide bonds. The lowest BCUT2D eigenvalue weighted by molar-refractivity contribution is -0.384. The van der Waals surface area contributed by atoms with E-state index in [2.05, 4.69) is 4.98 Å². The topological polar surface area (TPSA) is 96.6 Å². The quantitative estimate of drug-likeness (QED) is 0.642. The van der Waals surface area contributed by atoms with Gasteiger partial charge in [-0.05, 0) is 18.4 Å². The summed E-state index contributed by atoms with van der Waals surface area (Å²) in [6, 6.07) is 0.776. The first-order valence-corrected chi connectivity index (χ1v) is 5.60. The van der Waals surface area contributed by atoms with Gasteiger partial charge in [0.25, 0.3) is 0 Å². The van der Waals surface area contributed by atoms with Gasteiger partial charge in [0, 0.05) is 12.7 Å². The number of nitrogens with zero attached hydrogens (tertiary/aromatic N) is 3. The number of carbonyl (C=O) groups is 1. The van der Waals surface area contributed by atoms with Crippen molar-refractivity contribution < 1.29 is 14.8 Å². The maximum Gasteiger partial charge on any atom is 0.326 e. The number of hydrogen-bond acceptors (Lipinski definition) is 5. The second-order valence-electron chi connectivity index (χ2n) is 4.36. The Kier molecular flexibility index (Phi) is 3.14. The molecule has 0 aliphatic carbocycles. The number of rotatable bonds is 3. The van der Waals surface area contributed by atoms with E-state index in [0.29, 0.717) is 18.7 Å². The molecule has 1 aromatic rings. The Hall–Kier alpha value is -2.18. The van der Waals surface area contributed by atoms with Crippen LogP contribution in [0.5, 0.6) is 0 Å². The fourth-order valence-electron chi connectivity index (χ4n) is 2.36. The highest BCUT2D eigenvalue weighted by atomic mass is 16.6. The highest BCUT2D eigenvalue weighted by Crippen LogP contribution is 2.35. The van der Waals surface area contributed by atoms with Crippen LogP contribution in [-0.2, 0) is 4.79 Å². The molecule has 1 aliphatic rings. The fraction of sp³-hybridized carbons (Fsp3) is 0.455. The van der Waals surface area contributed by atoms with Gasteiger partial charge in [0.05, 0.1) is 4.92 Å². The number of nitro groups is 1. The Morgan fingerprint density at radius 2 is 2.39 bits per heavy atom. The molecule has 96 valence electrons. The summed E-state index contributed by atoms with van der Waals surface area (Å²) in [7, 11) is 0. The zero-order valence-electron chi connectivity index (χ0n) is 9.81. The van der Waals surface area contributed by atoms with Crippen molar-refractivity contribution in [3.05, 3.63) is 28.6 Å². The van der Waals surface area contributed by atoms with Crippen LogP contribution in [0.3, 0.4) is 0 Å². The van der Waals surface area contributed by atoms with Gasteiger partial charge < -0.3 is 10.0 Å². The number of carboxylic acid groups (broad SMARTS) is 1. The highest BCUT2D eigenvalue weighted by Gasteiger charge is 2.39. The predicted molar refractivity (Wildman–Crippen MR) is 63.4 cm³/mol. The number of carboxylic acids is 1. The monoisotopic (exact) mass is 251 g/mol. The summed E-state index contributed by atoms with van der Waals surface area (Å²) < 4.78 is 0. The van der Waals surface area contributed by atoms with Crippen LogP contribution in [-0.4, -0.2) is 33.6 Å². The first kappa shape index (κ1) is 12.3. The van der Waals surface area contributed by atoms with E-state index in [0.717, 1.165) is 6.20 Å². The molecule has 1 fully saturated rings. The number of anilines is 1. The van der Waals surface area contributed by atoms with Gasteiger partial charge in [0.1, 0.15) is 17.9 Å². The van der Waals surface area contributed by atoms with E-state index >= 15 is 0 Å². The van der Waals surface area contributed by atoms with Gasteiger partial charge in [-0.15, -0.1) is 0 Å². The molecular weight excluding hydrogens is 238 g/mol. The molecule has 2 atom stereocenters. The molecule has 1 N–H and O–H groups in total. The second-order valence-corrected chi connectivity index (χ2v) is 4.36. The first-order valence-electron chi connectivity index (χ1n) is 5.60. The molecule has 0 spiro atoms. The average molecular weight is 251 g/mol. The summed E-state index contributed by atoms with van der Waals surface area (Å²) in [6.45, 7) is 2.34. The molecule has 0 radical (unpaired) electrons. The third-order valence-corrected chi connectivity index (χ3v) is 3.24. The van der Waals surface area contributed by atoms with Crippen molar-refractivity contribution in [1.82, 2.24) is 4.98 Å². The van der Waals surface area contributed by atoms with E-state index in [1.807, 2.05) is 6.92 Å². The van der Waals surface area contributed by atoms with Crippen LogP contribution < -0.4 is 4.90 Å². The van der Waals surface area contributed by atoms with Crippen molar-refractivity contribution in [2.45, 2.75) is 19.4 Å². The Bertz CT molecular complexity index is 491. The van der Waals surface area contributed by atoms with Crippen LogP contribution >= 0.6 is 0 Å². The van der Waals surface area contributed by atoms with Gasteiger partial charge in [-0.1, -0.05) is 6.92 Å². The zero-order valence-corrected chi connectivity index (χ0v) is 9.81. The fourth-order valence-corrected chi connectivity index (χ4v) is 2.36. The van der Waals surface area contributed by atoms with Gasteiger partial charge in [-0.2, -0.15) is 0 Å². The van der Waals surface area contributed by atoms with Crippen LogP contribution in [0.15, 0.2) is 18.5 Å². The Morgan fingerprint density at radius 3 is 3.00 bits per heavy atom. The third-order valence-electron chi connectivity index (χ3n) is 3.24. The van der Waals surface area contributed by atoms with E-state index in [1.54, 1.807) is 4.90 Å². The van der Waals surface area contributed by atoms with E-state index in [4.69, 9.17) is 0 Å². The van der Waals surface area contributed by atoms with Crippen molar-refractivity contribution in [2.24, 2.45) is 5.92 Å². The molecule has 7 nitrogen and oxygen atoms in total. The largest absolute Gasteiger partial charge is 0.480 e. The first-order chi connectivity index (χ1) is 8.52. The number of aromatic nitrogens is 1. The van der Waals surface area contributed by atoms with Crippen molar-refractivity contribution in [3.63, 3.8) is 0 Å². The van der Waals surface area contributed by atoms with E-state index in [-0.39, 0.29) is 11.6 Å². The van der Waals surface area contributed by atoms with Gasteiger partial charge in [0.15, 0.2) is 0 Å². The SMILES string of the molecule is CC1CCN(c2ccncc2[N+](=O)[O-])C1C(=O)O. The lowest BCUT2D eigenvalue weighted by Crippen LogP contribution is -2.39. The van der Waals surface area contributed by atoms with Gasteiger partial charge in [-0.3, -0.25) is 15.1 Å². The minimum Gasteiger partial charge on any atom is -0.480 e. The zero-order chi connectivity index (χ0) is 13.3. The van der Waals surface area contributed by atoms with Crippen molar-refractivity contribution in [1.29, 1.82) is 0 Å². The Balaban J connectivity index is 2.42. The minimum absolute atomic E-state index is 0.0322. The molecule has 7 heteroatoms. The van der Waals surface area contributed by atoms with E-state index in [1.165, 1.54) is 12.3 Å². The molecule has 2 unspecified atom stereocenters. The second kappa shape index (κ2) is 4.59. The van der Waals surface area contributed by atoms with Crippen molar-refractivity contribution >= 4 is 17.3 Å². The van der Waals surface area contributed by atoms with Crippen molar-refractivity contribution in [2.75, 3.05) is 11.4 Å². The standard InChI is InChI=1S/C11H13N3O4/c1-7-3-5-13(10(7)11(15)16)8-2-4-12-6-9(8)14(17)18/h2,4,6-7,10H,3,5H2,1H3,(H,15,16). The third kappa shape index (κ3) is 1.99. The molecule has 0 saturated carbocycles. The summed E-state index contributed by atoms with van der Waals surface area (Å²) in [6.07, 6.45) is 3.29. The summed E-state index contributed by atoms with van der Waals surface area (Å²) in [4.78, 5) is 26.9. The van der Waals surface area contributed by atoms with Crippen LogP contribution in [0, 0.1) is 16.0 Å². The van der Waals surface area contributed by atoms with E-state index < -0.39 is 16.9 Å². The Labute approximate surface area is 103 Å². The van der Waals surface area contributed by atoms with Gasteiger partial charge in [0.2, 0.25) is 0 Å². The molecule has 1 aliphatic heterocycles. The number of pyridine rings is 1. The van der Waals surface area contributed by atoms with Crippen LogP contribution in [0.25, 0.3) is 0 Å². The smallest absolute Gasteiger partial charge is 0.326 e. The average Bonchev–Trinajstić information content (AvgIpc) is 2.71.